The number of hydrogen-bond acceptors (Lipinski definition) is 3. The highest BCUT2D eigenvalue weighted by atomic mass is 32.2. The maximum absolute atomic E-state index is 13.3. The molecule has 0 saturated carbocycles. The van der Waals surface area contributed by atoms with Gasteiger partial charge >= 0.3 is 0 Å². The molecule has 0 saturated heterocycles. The van der Waals surface area contributed by atoms with Crippen molar-refractivity contribution in [1.29, 1.82) is 0 Å². The van der Waals surface area contributed by atoms with E-state index in [0.717, 1.165) is 0 Å². The molecule has 1 aromatic rings. The zero-order chi connectivity index (χ0) is 15.2. The molecule has 20 heavy (non-hydrogen) atoms. The normalized spacial score (nSPS) is 12.1. The molecular weight excluding hydrogens is 286 g/mol. The number of nitrogens with one attached hydrogen (secondary N) is 1. The monoisotopic (exact) mass is 306 g/mol. The van der Waals surface area contributed by atoms with Crippen molar-refractivity contribution in [3.63, 3.8) is 0 Å². The zero-order valence-electron chi connectivity index (χ0n) is 11.7. The Kier molecular flexibility index (Phi) is 6.51. The van der Waals surface area contributed by atoms with Crippen LogP contribution in [0.15, 0.2) is 18.2 Å². The molecule has 4 nitrogen and oxygen atoms in total. The van der Waals surface area contributed by atoms with Gasteiger partial charge < -0.3 is 5.32 Å². The van der Waals surface area contributed by atoms with Gasteiger partial charge in [-0.25, -0.2) is 21.5 Å². The van der Waals surface area contributed by atoms with Crippen LogP contribution in [0.4, 0.5) is 8.78 Å². The number of sulfonamides is 1. The average Bonchev–Trinajstić information content (AvgIpc) is 2.35. The lowest BCUT2D eigenvalue weighted by atomic mass is 10.2. The third-order valence-electron chi connectivity index (χ3n) is 2.95. The van der Waals surface area contributed by atoms with E-state index in [1.807, 2.05) is 0 Å². The van der Waals surface area contributed by atoms with E-state index >= 15 is 0 Å². The minimum Gasteiger partial charge on any atom is -0.312 e. The number of hydrogen-bond donors (Lipinski definition) is 1. The van der Waals surface area contributed by atoms with Gasteiger partial charge in [-0.3, -0.25) is 0 Å². The summed E-state index contributed by atoms with van der Waals surface area (Å²) >= 11 is 0. The Hall–Kier alpha value is -1.05. The van der Waals surface area contributed by atoms with Gasteiger partial charge in [0.2, 0.25) is 10.0 Å². The molecule has 0 bridgehead atoms. The van der Waals surface area contributed by atoms with Crippen LogP contribution in [0, 0.1) is 11.6 Å². The van der Waals surface area contributed by atoms with Gasteiger partial charge in [-0.1, -0.05) is 13.0 Å². The topological polar surface area (TPSA) is 49.4 Å². The summed E-state index contributed by atoms with van der Waals surface area (Å²) in [5.41, 5.74) is 0.00274. The molecule has 7 heteroatoms. The molecule has 0 amide bonds. The van der Waals surface area contributed by atoms with E-state index in [1.165, 1.54) is 28.8 Å². The molecule has 0 atom stereocenters. The Morgan fingerprint density at radius 2 is 1.85 bits per heavy atom. The van der Waals surface area contributed by atoms with Crippen molar-refractivity contribution in [2.45, 2.75) is 19.9 Å². The molecule has 0 radical (unpaired) electrons. The average molecular weight is 306 g/mol. The second-order valence-corrected chi connectivity index (χ2v) is 6.47. The first-order valence-electron chi connectivity index (χ1n) is 6.45. The highest BCUT2D eigenvalue weighted by molar-refractivity contribution is 7.88. The van der Waals surface area contributed by atoms with Crippen LogP contribution in [0.3, 0.4) is 0 Å². The summed E-state index contributed by atoms with van der Waals surface area (Å²) in [6.07, 6.45) is 1.75. The van der Waals surface area contributed by atoms with Gasteiger partial charge in [0.1, 0.15) is 11.6 Å². The molecule has 0 aliphatic carbocycles. The molecule has 0 aromatic heterocycles. The van der Waals surface area contributed by atoms with Crippen molar-refractivity contribution >= 4 is 10.0 Å². The summed E-state index contributed by atoms with van der Waals surface area (Å²) in [4.78, 5) is 0. The van der Waals surface area contributed by atoms with Crippen LogP contribution in [0.25, 0.3) is 0 Å². The third kappa shape index (κ3) is 5.15. The number of rotatable bonds is 8. The van der Waals surface area contributed by atoms with Gasteiger partial charge in [0.05, 0.1) is 6.26 Å². The summed E-state index contributed by atoms with van der Waals surface area (Å²) in [5, 5.41) is 2.91. The van der Waals surface area contributed by atoms with Crippen LogP contribution in [0.2, 0.25) is 0 Å². The van der Waals surface area contributed by atoms with E-state index in [0.29, 0.717) is 26.1 Å². The molecule has 1 N–H and O–H groups in total. The predicted octanol–water partition coefficient (Wildman–Crippen LogP) is 1.73. The molecule has 1 aromatic carbocycles. The molecule has 0 heterocycles. The number of nitrogens with zero attached hydrogens (tertiary/aromatic N) is 1. The van der Waals surface area contributed by atoms with Crippen molar-refractivity contribution in [3.05, 3.63) is 35.4 Å². The highest BCUT2D eigenvalue weighted by Gasteiger charge is 2.13. The molecule has 0 fully saturated rings. The first-order valence-corrected chi connectivity index (χ1v) is 8.29. The summed E-state index contributed by atoms with van der Waals surface area (Å²) < 4.78 is 50.7. The zero-order valence-corrected chi connectivity index (χ0v) is 12.5. The summed E-state index contributed by atoms with van der Waals surface area (Å²) in [7, 11) is -3.18. The van der Waals surface area contributed by atoms with Crippen molar-refractivity contribution in [1.82, 2.24) is 9.62 Å². The summed E-state index contributed by atoms with van der Waals surface area (Å²) in [6.45, 7) is 3.15. The van der Waals surface area contributed by atoms with Crippen LogP contribution >= 0.6 is 0 Å². The first-order chi connectivity index (χ1) is 9.36. The SMILES string of the molecule is CCN(CCCNCc1c(F)cccc1F)S(C)(=O)=O. The second kappa shape index (κ2) is 7.66. The largest absolute Gasteiger partial charge is 0.312 e. The Morgan fingerprint density at radius 3 is 2.35 bits per heavy atom. The second-order valence-electron chi connectivity index (χ2n) is 4.49. The molecule has 0 spiro atoms. The third-order valence-corrected chi connectivity index (χ3v) is 4.33. The quantitative estimate of drug-likeness (QED) is 0.744. The highest BCUT2D eigenvalue weighted by Crippen LogP contribution is 2.11. The minimum absolute atomic E-state index is 0.00274. The Labute approximate surface area is 118 Å². The maximum Gasteiger partial charge on any atom is 0.211 e. The van der Waals surface area contributed by atoms with Gasteiger partial charge in [0.25, 0.3) is 0 Å². The van der Waals surface area contributed by atoms with Gasteiger partial charge in [-0.2, -0.15) is 0 Å². The number of benzene rings is 1. The van der Waals surface area contributed by atoms with Crippen molar-refractivity contribution < 1.29 is 17.2 Å². The van der Waals surface area contributed by atoms with E-state index in [9.17, 15) is 17.2 Å². The van der Waals surface area contributed by atoms with E-state index in [1.54, 1.807) is 6.92 Å². The summed E-state index contributed by atoms with van der Waals surface area (Å²) in [6, 6.07) is 3.74. The molecule has 0 aliphatic rings. The minimum atomic E-state index is -3.18. The molecular formula is C13H20F2N2O2S. The fourth-order valence-electron chi connectivity index (χ4n) is 1.85. The molecule has 0 aliphatic heterocycles. The van der Waals surface area contributed by atoms with E-state index < -0.39 is 21.7 Å². The van der Waals surface area contributed by atoms with Crippen molar-refractivity contribution in [2.24, 2.45) is 0 Å². The standard InChI is InChI=1S/C13H20F2N2O2S/c1-3-17(20(2,18)19)9-5-8-16-10-11-12(14)6-4-7-13(11)15/h4,6-7,16H,3,5,8-10H2,1-2H3. The van der Waals surface area contributed by atoms with Crippen LogP contribution in [-0.2, 0) is 16.6 Å². The maximum atomic E-state index is 13.3. The van der Waals surface area contributed by atoms with Crippen LogP contribution in [0.1, 0.15) is 18.9 Å². The molecule has 1 rings (SSSR count). The first kappa shape index (κ1) is 17.0. The van der Waals surface area contributed by atoms with E-state index in [2.05, 4.69) is 5.32 Å². The van der Waals surface area contributed by atoms with Crippen LogP contribution in [-0.4, -0.2) is 38.6 Å². The van der Waals surface area contributed by atoms with Crippen LogP contribution < -0.4 is 5.32 Å². The van der Waals surface area contributed by atoms with Gasteiger partial charge in [-0.05, 0) is 25.1 Å². The lowest BCUT2D eigenvalue weighted by Gasteiger charge is -2.17. The van der Waals surface area contributed by atoms with Crippen molar-refractivity contribution in [2.75, 3.05) is 25.9 Å². The van der Waals surface area contributed by atoms with E-state index in [4.69, 9.17) is 0 Å². The van der Waals surface area contributed by atoms with Gasteiger partial charge in [0.15, 0.2) is 0 Å². The molecule has 114 valence electrons. The van der Waals surface area contributed by atoms with Crippen molar-refractivity contribution in [3.8, 4) is 0 Å². The van der Waals surface area contributed by atoms with E-state index in [-0.39, 0.29) is 12.1 Å². The fourth-order valence-corrected chi connectivity index (χ4v) is 2.78. The smallest absolute Gasteiger partial charge is 0.211 e. The fraction of sp³-hybridized carbons (Fsp3) is 0.538. The Balaban J connectivity index is 2.36. The Bertz CT molecular complexity index is 515. The van der Waals surface area contributed by atoms with Gasteiger partial charge in [0, 0.05) is 25.2 Å². The number of halogens is 2. The van der Waals surface area contributed by atoms with Crippen LogP contribution in [0.5, 0.6) is 0 Å². The van der Waals surface area contributed by atoms with Gasteiger partial charge in [-0.15, -0.1) is 0 Å². The Morgan fingerprint density at radius 1 is 1.25 bits per heavy atom. The summed E-state index contributed by atoms with van der Waals surface area (Å²) in [5.74, 6) is -1.16. The lowest BCUT2D eigenvalue weighted by Crippen LogP contribution is -2.32. The lowest BCUT2D eigenvalue weighted by molar-refractivity contribution is 0.418. The predicted molar refractivity (Wildman–Crippen MR) is 74.8 cm³/mol. The molecule has 0 unspecified atom stereocenters.